The summed E-state index contributed by atoms with van der Waals surface area (Å²) in [6.07, 6.45) is 2.13. The van der Waals surface area contributed by atoms with E-state index in [-0.39, 0.29) is 5.75 Å². The average molecular weight is 281 g/mol. The van der Waals surface area contributed by atoms with Crippen LogP contribution in [0.3, 0.4) is 0 Å². The fraction of sp³-hybridized carbons (Fsp3) is 0.500. The molecule has 0 unspecified atom stereocenters. The first-order valence-corrected chi connectivity index (χ1v) is 6.89. The standard InChI is InChI=1S/C12H15N3O3S/c1-6-9(12(17)18-2)11(19-5-8(13)16)15-10(14-6)7-3-4-7/h7H,3-5H2,1-2H3,(H2,13,16). The molecular formula is C12H15N3O3S. The van der Waals surface area contributed by atoms with Gasteiger partial charge in [0.2, 0.25) is 5.91 Å². The molecule has 0 atom stereocenters. The van der Waals surface area contributed by atoms with Crippen molar-refractivity contribution in [1.29, 1.82) is 0 Å². The number of thioether (sulfide) groups is 1. The number of rotatable bonds is 5. The summed E-state index contributed by atoms with van der Waals surface area (Å²) in [5.41, 5.74) is 6.02. The van der Waals surface area contributed by atoms with Crippen LogP contribution in [0, 0.1) is 6.92 Å². The Morgan fingerprint density at radius 3 is 2.63 bits per heavy atom. The lowest BCUT2D eigenvalue weighted by atomic mass is 10.2. The summed E-state index contributed by atoms with van der Waals surface area (Å²) in [6.45, 7) is 1.74. The van der Waals surface area contributed by atoms with Crippen LogP contribution in [0.4, 0.5) is 0 Å². The Kier molecular flexibility index (Phi) is 4.04. The molecule has 1 aromatic heterocycles. The van der Waals surface area contributed by atoms with Crippen molar-refractivity contribution in [3.8, 4) is 0 Å². The minimum atomic E-state index is -0.494. The van der Waals surface area contributed by atoms with Crippen molar-refractivity contribution >= 4 is 23.6 Å². The molecule has 19 heavy (non-hydrogen) atoms. The number of methoxy groups -OCH3 is 1. The van der Waals surface area contributed by atoms with Gasteiger partial charge in [0.1, 0.15) is 16.4 Å². The van der Waals surface area contributed by atoms with E-state index in [1.165, 1.54) is 7.11 Å². The predicted molar refractivity (Wildman–Crippen MR) is 70.0 cm³/mol. The van der Waals surface area contributed by atoms with Crippen LogP contribution in [0.15, 0.2) is 5.03 Å². The van der Waals surface area contributed by atoms with Gasteiger partial charge in [-0.15, -0.1) is 0 Å². The molecule has 1 aromatic rings. The maximum absolute atomic E-state index is 11.8. The second kappa shape index (κ2) is 5.56. The number of nitrogens with two attached hydrogens (primary N) is 1. The Labute approximate surface area is 115 Å². The van der Waals surface area contributed by atoms with Crippen LogP contribution >= 0.6 is 11.8 Å². The molecule has 7 heteroatoms. The number of aromatic nitrogens is 2. The minimum absolute atomic E-state index is 0.0740. The summed E-state index contributed by atoms with van der Waals surface area (Å²) in [5, 5.41) is 0.472. The van der Waals surface area contributed by atoms with Crippen molar-refractivity contribution in [2.45, 2.75) is 30.7 Å². The number of nitrogens with zero attached hydrogens (tertiary/aromatic N) is 2. The Morgan fingerprint density at radius 1 is 1.42 bits per heavy atom. The molecule has 102 valence electrons. The Hall–Kier alpha value is -1.63. The van der Waals surface area contributed by atoms with E-state index in [0.717, 1.165) is 30.4 Å². The van der Waals surface area contributed by atoms with E-state index in [1.54, 1.807) is 6.92 Å². The lowest BCUT2D eigenvalue weighted by molar-refractivity contribution is -0.115. The number of aryl methyl sites for hydroxylation is 1. The molecule has 1 aliphatic carbocycles. The second-order valence-electron chi connectivity index (χ2n) is 4.37. The largest absolute Gasteiger partial charge is 0.465 e. The van der Waals surface area contributed by atoms with E-state index in [1.807, 2.05) is 0 Å². The van der Waals surface area contributed by atoms with Crippen molar-refractivity contribution in [2.75, 3.05) is 12.9 Å². The fourth-order valence-electron chi connectivity index (χ4n) is 1.67. The highest BCUT2D eigenvalue weighted by Gasteiger charge is 2.29. The zero-order valence-electron chi connectivity index (χ0n) is 10.8. The SMILES string of the molecule is COC(=O)c1c(C)nc(C2CC2)nc1SCC(N)=O. The highest BCUT2D eigenvalue weighted by atomic mass is 32.2. The van der Waals surface area contributed by atoms with Crippen molar-refractivity contribution < 1.29 is 14.3 Å². The zero-order chi connectivity index (χ0) is 14.0. The number of hydrogen-bond acceptors (Lipinski definition) is 6. The number of primary amides is 1. The van der Waals surface area contributed by atoms with Gasteiger partial charge in [-0.2, -0.15) is 0 Å². The normalized spacial score (nSPS) is 14.2. The summed E-state index contributed by atoms with van der Waals surface area (Å²) in [4.78, 5) is 31.4. The van der Waals surface area contributed by atoms with Gasteiger partial charge in [-0.1, -0.05) is 11.8 Å². The van der Waals surface area contributed by atoms with Crippen LogP contribution in [0.2, 0.25) is 0 Å². The molecule has 0 aromatic carbocycles. The van der Waals surface area contributed by atoms with Crippen molar-refractivity contribution in [3.63, 3.8) is 0 Å². The van der Waals surface area contributed by atoms with E-state index in [4.69, 9.17) is 10.5 Å². The van der Waals surface area contributed by atoms with Crippen molar-refractivity contribution in [2.24, 2.45) is 5.73 Å². The van der Waals surface area contributed by atoms with Crippen LogP contribution < -0.4 is 5.73 Å². The summed E-state index contributed by atoms with van der Waals surface area (Å²) < 4.78 is 4.73. The molecule has 0 aliphatic heterocycles. The molecule has 0 spiro atoms. The third kappa shape index (κ3) is 3.23. The molecule has 1 aliphatic rings. The first-order chi connectivity index (χ1) is 9.02. The van der Waals surface area contributed by atoms with E-state index < -0.39 is 11.9 Å². The molecule has 2 N–H and O–H groups in total. The van der Waals surface area contributed by atoms with Crippen molar-refractivity contribution in [3.05, 3.63) is 17.1 Å². The van der Waals surface area contributed by atoms with Crippen LogP contribution in [-0.2, 0) is 9.53 Å². The molecule has 1 heterocycles. The van der Waals surface area contributed by atoms with Gasteiger partial charge < -0.3 is 10.5 Å². The van der Waals surface area contributed by atoms with Crippen LogP contribution in [0.1, 0.15) is 40.6 Å². The average Bonchev–Trinajstić information content (AvgIpc) is 3.19. The number of hydrogen-bond donors (Lipinski definition) is 1. The monoisotopic (exact) mass is 281 g/mol. The lowest BCUT2D eigenvalue weighted by Gasteiger charge is -2.10. The van der Waals surface area contributed by atoms with Gasteiger partial charge in [0.25, 0.3) is 0 Å². The topological polar surface area (TPSA) is 95.2 Å². The van der Waals surface area contributed by atoms with Gasteiger partial charge >= 0.3 is 5.97 Å². The molecule has 1 amide bonds. The molecule has 0 bridgehead atoms. The van der Waals surface area contributed by atoms with Gasteiger partial charge in [0.15, 0.2) is 0 Å². The maximum atomic E-state index is 11.8. The van der Waals surface area contributed by atoms with Crippen LogP contribution in [-0.4, -0.2) is 34.7 Å². The molecule has 6 nitrogen and oxygen atoms in total. The minimum Gasteiger partial charge on any atom is -0.465 e. The quantitative estimate of drug-likeness (QED) is 0.492. The maximum Gasteiger partial charge on any atom is 0.342 e. The van der Waals surface area contributed by atoms with Gasteiger partial charge in [0.05, 0.1) is 18.6 Å². The van der Waals surface area contributed by atoms with Gasteiger partial charge in [-0.05, 0) is 19.8 Å². The second-order valence-corrected chi connectivity index (χ2v) is 5.33. The lowest BCUT2D eigenvalue weighted by Crippen LogP contribution is -2.16. The molecule has 1 saturated carbocycles. The van der Waals surface area contributed by atoms with Crippen LogP contribution in [0.25, 0.3) is 0 Å². The van der Waals surface area contributed by atoms with E-state index in [0.29, 0.717) is 22.2 Å². The number of ether oxygens (including phenoxy) is 1. The Morgan fingerprint density at radius 2 is 2.11 bits per heavy atom. The van der Waals surface area contributed by atoms with Gasteiger partial charge in [0, 0.05) is 5.92 Å². The Balaban J connectivity index is 2.38. The molecule has 0 saturated heterocycles. The van der Waals surface area contributed by atoms with Crippen molar-refractivity contribution in [1.82, 2.24) is 9.97 Å². The molecule has 1 fully saturated rings. The summed E-state index contributed by atoms with van der Waals surface area (Å²) >= 11 is 1.15. The predicted octanol–water partition coefficient (Wildman–Crippen LogP) is 1.03. The summed E-state index contributed by atoms with van der Waals surface area (Å²) in [6, 6.07) is 0. The number of amides is 1. The number of carbonyl (C=O) groups excluding carboxylic acids is 2. The number of carbonyl (C=O) groups is 2. The van der Waals surface area contributed by atoms with Gasteiger partial charge in [-0.3, -0.25) is 4.79 Å². The number of esters is 1. The molecule has 2 rings (SSSR count). The first-order valence-electron chi connectivity index (χ1n) is 5.91. The first kappa shape index (κ1) is 13.8. The third-order valence-electron chi connectivity index (χ3n) is 2.76. The smallest absolute Gasteiger partial charge is 0.342 e. The summed E-state index contributed by atoms with van der Waals surface area (Å²) in [7, 11) is 1.30. The zero-order valence-corrected chi connectivity index (χ0v) is 11.6. The van der Waals surface area contributed by atoms with E-state index >= 15 is 0 Å². The molecular weight excluding hydrogens is 266 g/mol. The highest BCUT2D eigenvalue weighted by molar-refractivity contribution is 8.00. The Bertz CT molecular complexity index is 529. The van der Waals surface area contributed by atoms with Crippen LogP contribution in [0.5, 0.6) is 0 Å². The van der Waals surface area contributed by atoms with E-state index in [2.05, 4.69) is 9.97 Å². The summed E-state index contributed by atoms with van der Waals surface area (Å²) in [5.74, 6) is 0.234. The fourth-order valence-corrected chi connectivity index (χ4v) is 2.48. The van der Waals surface area contributed by atoms with Gasteiger partial charge in [-0.25, -0.2) is 14.8 Å². The van der Waals surface area contributed by atoms with E-state index in [9.17, 15) is 9.59 Å². The third-order valence-corrected chi connectivity index (χ3v) is 3.75. The molecule has 0 radical (unpaired) electrons. The highest BCUT2D eigenvalue weighted by Crippen LogP contribution is 2.39.